The molecular weight excluding hydrogens is 443 g/mol. The lowest BCUT2D eigenvalue weighted by Crippen LogP contribution is -2.12. The number of hydrogen-bond acceptors (Lipinski definition) is 5. The molecule has 1 aliphatic heterocycles. The molecule has 2 aromatic heterocycles. The van der Waals surface area contributed by atoms with Gasteiger partial charge in [-0.15, -0.1) is 0 Å². The van der Waals surface area contributed by atoms with Gasteiger partial charge in [-0.05, 0) is 45.3 Å². The standard InChI is InChI=1S/C25H24F3N5O/c1-14-12-33-24(31-14)19(17-9-21(27)15(8-22(17)28)13-32(2)3)11-30-25(33)29-10-18-16-6-7-34-23(16)5-4-20(18)26/h4-5,8-9,11-12H,6-7,10,13H2,1-3H3,(H,29,30). The summed E-state index contributed by atoms with van der Waals surface area (Å²) in [6, 6.07) is 5.43. The molecule has 0 spiro atoms. The SMILES string of the molecule is Cc1cn2c(NCc3c(F)ccc4c3CCO4)ncc(-c3cc(F)c(CN(C)C)cc3F)c2n1. The average Bonchev–Trinajstić information content (AvgIpc) is 3.41. The van der Waals surface area contributed by atoms with E-state index in [1.54, 1.807) is 42.6 Å². The molecule has 5 rings (SSSR count). The molecule has 176 valence electrons. The molecule has 0 unspecified atom stereocenters. The van der Waals surface area contributed by atoms with E-state index in [2.05, 4.69) is 15.3 Å². The van der Waals surface area contributed by atoms with Gasteiger partial charge in [-0.3, -0.25) is 4.40 Å². The second kappa shape index (κ2) is 8.64. The van der Waals surface area contributed by atoms with Gasteiger partial charge < -0.3 is 15.0 Å². The topological polar surface area (TPSA) is 54.7 Å². The van der Waals surface area contributed by atoms with Crippen molar-refractivity contribution in [1.29, 1.82) is 0 Å². The van der Waals surface area contributed by atoms with Crippen LogP contribution in [0.15, 0.2) is 36.7 Å². The Hall–Kier alpha value is -3.59. The molecule has 0 amide bonds. The minimum absolute atomic E-state index is 0.0822. The number of imidazole rings is 1. The highest BCUT2D eigenvalue weighted by Gasteiger charge is 2.21. The Morgan fingerprint density at radius 1 is 1.09 bits per heavy atom. The summed E-state index contributed by atoms with van der Waals surface area (Å²) in [6.07, 6.45) is 3.85. The Morgan fingerprint density at radius 3 is 2.71 bits per heavy atom. The van der Waals surface area contributed by atoms with E-state index in [4.69, 9.17) is 4.74 Å². The molecule has 9 heteroatoms. The molecule has 0 aliphatic carbocycles. The summed E-state index contributed by atoms with van der Waals surface area (Å²) in [5.41, 5.74) is 3.20. The molecule has 2 aromatic carbocycles. The van der Waals surface area contributed by atoms with Crippen LogP contribution in [0.25, 0.3) is 16.8 Å². The van der Waals surface area contributed by atoms with E-state index < -0.39 is 11.6 Å². The second-order valence-corrected chi connectivity index (χ2v) is 8.69. The van der Waals surface area contributed by atoms with Crippen molar-refractivity contribution in [3.63, 3.8) is 0 Å². The Bertz CT molecular complexity index is 1400. The number of fused-ring (bicyclic) bond motifs is 2. The van der Waals surface area contributed by atoms with Gasteiger partial charge in [0.05, 0.1) is 12.3 Å². The van der Waals surface area contributed by atoms with E-state index in [1.807, 2.05) is 0 Å². The van der Waals surface area contributed by atoms with Crippen molar-refractivity contribution in [1.82, 2.24) is 19.3 Å². The first-order valence-electron chi connectivity index (χ1n) is 11.0. The van der Waals surface area contributed by atoms with E-state index in [-0.39, 0.29) is 30.0 Å². The van der Waals surface area contributed by atoms with Crippen LogP contribution in [0.4, 0.5) is 19.1 Å². The number of anilines is 1. The number of benzene rings is 2. The Morgan fingerprint density at radius 2 is 1.91 bits per heavy atom. The lowest BCUT2D eigenvalue weighted by molar-refractivity contribution is 0.356. The molecule has 4 aromatic rings. The smallest absolute Gasteiger partial charge is 0.208 e. The van der Waals surface area contributed by atoms with Crippen LogP contribution < -0.4 is 10.1 Å². The van der Waals surface area contributed by atoms with Gasteiger partial charge in [0, 0.05) is 59.7 Å². The van der Waals surface area contributed by atoms with E-state index >= 15 is 4.39 Å². The van der Waals surface area contributed by atoms with E-state index in [0.717, 1.165) is 5.56 Å². The number of halogens is 3. The summed E-state index contributed by atoms with van der Waals surface area (Å²) in [5.74, 6) is -0.253. The lowest BCUT2D eigenvalue weighted by Gasteiger charge is -2.14. The molecule has 6 nitrogen and oxygen atoms in total. The van der Waals surface area contributed by atoms with Crippen LogP contribution in [-0.4, -0.2) is 40.0 Å². The fraction of sp³-hybridized carbons (Fsp3) is 0.280. The van der Waals surface area contributed by atoms with Gasteiger partial charge in [-0.2, -0.15) is 0 Å². The predicted octanol–water partition coefficient (Wildman–Crippen LogP) is 4.73. The maximum Gasteiger partial charge on any atom is 0.208 e. The van der Waals surface area contributed by atoms with Gasteiger partial charge in [0.2, 0.25) is 5.95 Å². The number of rotatable bonds is 6. The number of aromatic nitrogens is 3. The first-order chi connectivity index (χ1) is 16.3. The van der Waals surface area contributed by atoms with Gasteiger partial charge >= 0.3 is 0 Å². The lowest BCUT2D eigenvalue weighted by atomic mass is 10.0. The van der Waals surface area contributed by atoms with Crippen LogP contribution in [0.2, 0.25) is 0 Å². The molecule has 3 heterocycles. The van der Waals surface area contributed by atoms with Crippen LogP contribution in [0, 0.1) is 24.4 Å². The number of hydrogen-bond donors (Lipinski definition) is 1. The third-order valence-corrected chi connectivity index (χ3v) is 5.89. The fourth-order valence-corrected chi connectivity index (χ4v) is 4.35. The molecule has 0 saturated carbocycles. The quantitative estimate of drug-likeness (QED) is 0.444. The number of nitrogens with one attached hydrogen (secondary N) is 1. The third-order valence-electron chi connectivity index (χ3n) is 5.89. The van der Waals surface area contributed by atoms with Gasteiger partial charge in [0.25, 0.3) is 0 Å². The molecule has 0 saturated heterocycles. The summed E-state index contributed by atoms with van der Waals surface area (Å²) < 4.78 is 51.5. The second-order valence-electron chi connectivity index (χ2n) is 8.69. The number of aryl methyl sites for hydroxylation is 1. The molecule has 34 heavy (non-hydrogen) atoms. The average molecular weight is 467 g/mol. The summed E-state index contributed by atoms with van der Waals surface area (Å²) in [7, 11) is 3.58. The van der Waals surface area contributed by atoms with Crippen molar-refractivity contribution >= 4 is 11.6 Å². The molecule has 1 N–H and O–H groups in total. The molecule has 0 atom stereocenters. The highest BCUT2D eigenvalue weighted by Crippen LogP contribution is 2.32. The van der Waals surface area contributed by atoms with Gasteiger partial charge in [0.1, 0.15) is 28.8 Å². The molecular formula is C25H24F3N5O. The van der Waals surface area contributed by atoms with Crippen LogP contribution in [0.1, 0.15) is 22.4 Å². The maximum atomic E-state index is 15.0. The van der Waals surface area contributed by atoms with Crippen LogP contribution >= 0.6 is 0 Å². The molecule has 0 bridgehead atoms. The Balaban J connectivity index is 1.52. The Labute approximate surface area is 195 Å². The van der Waals surface area contributed by atoms with Gasteiger partial charge in [0.15, 0.2) is 0 Å². The monoisotopic (exact) mass is 467 g/mol. The largest absolute Gasteiger partial charge is 0.493 e. The summed E-state index contributed by atoms with van der Waals surface area (Å²) in [4.78, 5) is 10.7. The normalized spacial score (nSPS) is 12.9. The van der Waals surface area contributed by atoms with Crippen molar-refractivity contribution in [2.75, 3.05) is 26.0 Å². The van der Waals surface area contributed by atoms with Crippen molar-refractivity contribution in [2.24, 2.45) is 0 Å². The minimum Gasteiger partial charge on any atom is -0.493 e. The zero-order valence-corrected chi connectivity index (χ0v) is 19.1. The van der Waals surface area contributed by atoms with Crippen molar-refractivity contribution in [3.05, 3.63) is 76.5 Å². The zero-order chi connectivity index (χ0) is 24.0. The first-order valence-corrected chi connectivity index (χ1v) is 11.0. The zero-order valence-electron chi connectivity index (χ0n) is 19.1. The van der Waals surface area contributed by atoms with Crippen molar-refractivity contribution in [3.8, 4) is 16.9 Å². The van der Waals surface area contributed by atoms with Crippen LogP contribution in [-0.2, 0) is 19.5 Å². The van der Waals surface area contributed by atoms with E-state index in [1.165, 1.54) is 24.4 Å². The van der Waals surface area contributed by atoms with Crippen LogP contribution in [0.3, 0.4) is 0 Å². The summed E-state index contributed by atoms with van der Waals surface area (Å²) >= 11 is 0. The highest BCUT2D eigenvalue weighted by atomic mass is 19.1. The van der Waals surface area contributed by atoms with Gasteiger partial charge in [-0.1, -0.05) is 0 Å². The van der Waals surface area contributed by atoms with Gasteiger partial charge in [-0.25, -0.2) is 23.1 Å². The Kier molecular flexibility index (Phi) is 5.65. The highest BCUT2D eigenvalue weighted by molar-refractivity contribution is 5.79. The summed E-state index contributed by atoms with van der Waals surface area (Å²) in [5, 5.41) is 3.17. The fourth-order valence-electron chi connectivity index (χ4n) is 4.35. The predicted molar refractivity (Wildman–Crippen MR) is 123 cm³/mol. The maximum absolute atomic E-state index is 15.0. The van der Waals surface area contributed by atoms with E-state index in [0.29, 0.717) is 47.2 Å². The van der Waals surface area contributed by atoms with E-state index in [9.17, 15) is 8.78 Å². The molecule has 0 fully saturated rings. The number of ether oxygens (including phenoxy) is 1. The first kappa shape index (κ1) is 22.2. The van der Waals surface area contributed by atoms with Crippen molar-refractivity contribution in [2.45, 2.75) is 26.4 Å². The minimum atomic E-state index is -0.551. The summed E-state index contributed by atoms with van der Waals surface area (Å²) in [6.45, 7) is 2.81. The van der Waals surface area contributed by atoms with Crippen LogP contribution in [0.5, 0.6) is 5.75 Å². The number of nitrogens with zero attached hydrogens (tertiary/aromatic N) is 4. The molecule has 1 aliphatic rings. The van der Waals surface area contributed by atoms with Crippen molar-refractivity contribution < 1.29 is 17.9 Å². The molecule has 0 radical (unpaired) electrons. The third kappa shape index (κ3) is 3.96.